The van der Waals surface area contributed by atoms with Gasteiger partial charge in [0.25, 0.3) is 0 Å². The number of unbranched alkanes of at least 4 members (excludes halogenated alkanes) is 18. The summed E-state index contributed by atoms with van der Waals surface area (Å²) in [4.78, 5) is 2.79. The van der Waals surface area contributed by atoms with Crippen LogP contribution in [-0.2, 0) is 0 Å². The summed E-state index contributed by atoms with van der Waals surface area (Å²) in [5, 5.41) is 8.25. The fraction of sp³-hybridized carbons (Fsp3) is 0.872. The SMILES string of the molecule is C=CC.C=N.C=S.CCCCCCCCCC.CCCCCCCN(CCCCC)CCCCCCCC1C/C1=C(\CCC)CCCC.CNC. The molecule has 0 radical (unpaired) electrons. The van der Waals surface area contributed by atoms with Crippen LogP contribution >= 0.6 is 12.2 Å². The standard InChI is InChI=1S/C30H59N.C10H22.C3H6.C2H7N.CH3N.CH2S/c1-5-9-12-15-19-25-31(24-18-10-6-2)26-20-16-13-14-17-23-29-27-30(29)28(21-8-4)22-11-7-3;1-3-5-7-9-10-8-6-4-2;2*1-3-2;2*1-2/h29H,5-27H2,1-4H3;3-10H2,1-2H3;3H,1H2,2H3;3H,1-2H3;2H,1H2;1H2/b30-28-;;;;;. The van der Waals surface area contributed by atoms with Crippen LogP contribution in [0.25, 0.3) is 0 Å². The van der Waals surface area contributed by atoms with E-state index in [1.54, 1.807) is 6.08 Å². The lowest BCUT2D eigenvalue weighted by Crippen LogP contribution is -2.27. The molecule has 308 valence electrons. The second kappa shape index (κ2) is 58.5. The van der Waals surface area contributed by atoms with E-state index in [1.165, 1.54) is 199 Å². The highest BCUT2D eigenvalue weighted by molar-refractivity contribution is 7.77. The minimum Gasteiger partial charge on any atom is -0.323 e. The summed E-state index contributed by atoms with van der Waals surface area (Å²) in [5.41, 5.74) is 3.74. The van der Waals surface area contributed by atoms with Crippen molar-refractivity contribution in [1.82, 2.24) is 10.2 Å². The van der Waals surface area contributed by atoms with E-state index in [1.807, 2.05) is 32.2 Å². The molecule has 51 heavy (non-hydrogen) atoms. The maximum atomic E-state index is 5.50. The molecule has 0 aliphatic heterocycles. The number of nitrogens with zero attached hydrogens (tertiary/aromatic N) is 1. The lowest BCUT2D eigenvalue weighted by atomic mass is 10.0. The first kappa shape index (κ1) is 59.4. The second-order valence-electron chi connectivity index (χ2n) is 14.4. The first-order valence-corrected chi connectivity index (χ1v) is 22.8. The summed E-state index contributed by atoms with van der Waals surface area (Å²) in [6.07, 6.45) is 41.5. The monoisotopic (exact) mass is 738 g/mol. The summed E-state index contributed by atoms with van der Waals surface area (Å²) >= 11 is 3.83. The predicted octanol–water partition coefficient (Wildman–Crippen LogP) is 16.2. The molecule has 1 unspecified atom stereocenters. The normalized spacial score (nSPS) is 13.4. The molecular weight excluding hydrogens is 639 g/mol. The average molecular weight is 738 g/mol. The minimum absolute atomic E-state index is 0.986. The minimum atomic E-state index is 0.986. The van der Waals surface area contributed by atoms with Gasteiger partial charge in [0.15, 0.2) is 0 Å². The van der Waals surface area contributed by atoms with E-state index >= 15 is 0 Å². The Morgan fingerprint density at radius 1 is 0.588 bits per heavy atom. The summed E-state index contributed by atoms with van der Waals surface area (Å²) in [7, 11) is 3.75. The van der Waals surface area contributed by atoms with Crippen LogP contribution in [0.4, 0.5) is 0 Å². The largest absolute Gasteiger partial charge is 0.323 e. The number of hydrogen-bond donors (Lipinski definition) is 2. The third kappa shape index (κ3) is 53.6. The molecule has 1 fully saturated rings. The van der Waals surface area contributed by atoms with Crippen LogP contribution in [0, 0.1) is 11.3 Å². The van der Waals surface area contributed by atoms with Gasteiger partial charge in [0.1, 0.15) is 0 Å². The number of nitrogens with one attached hydrogen (secondary N) is 2. The lowest BCUT2D eigenvalue weighted by molar-refractivity contribution is 0.255. The van der Waals surface area contributed by atoms with Crippen molar-refractivity contribution in [1.29, 1.82) is 5.41 Å². The van der Waals surface area contributed by atoms with Gasteiger partial charge < -0.3 is 15.6 Å². The lowest BCUT2D eigenvalue weighted by Gasteiger charge is -2.22. The molecule has 0 aromatic carbocycles. The van der Waals surface area contributed by atoms with Crippen molar-refractivity contribution in [2.75, 3.05) is 33.7 Å². The summed E-state index contributed by atoms with van der Waals surface area (Å²) in [6.45, 7) is 25.7. The highest BCUT2D eigenvalue weighted by Crippen LogP contribution is 2.46. The van der Waals surface area contributed by atoms with Crippen LogP contribution in [0.5, 0.6) is 0 Å². The van der Waals surface area contributed by atoms with E-state index in [0.717, 1.165) is 5.92 Å². The van der Waals surface area contributed by atoms with E-state index in [-0.39, 0.29) is 0 Å². The zero-order chi connectivity index (χ0) is 39.6. The van der Waals surface area contributed by atoms with Crippen LogP contribution in [0.15, 0.2) is 23.8 Å². The molecule has 0 aromatic heterocycles. The van der Waals surface area contributed by atoms with Crippen molar-refractivity contribution in [3.8, 4) is 0 Å². The third-order valence-electron chi connectivity index (χ3n) is 9.28. The molecule has 1 saturated carbocycles. The first-order chi connectivity index (χ1) is 25.0. The molecule has 1 aliphatic rings. The summed E-state index contributed by atoms with van der Waals surface area (Å²) in [5.74, 6) is 3.82. The number of hydrogen-bond acceptors (Lipinski definition) is 4. The van der Waals surface area contributed by atoms with Gasteiger partial charge in [-0.1, -0.05) is 199 Å². The molecule has 2 N–H and O–H groups in total. The maximum absolute atomic E-state index is 5.50. The van der Waals surface area contributed by atoms with Crippen molar-refractivity contribution >= 4 is 24.8 Å². The molecular formula is C47H99N3S. The Morgan fingerprint density at radius 3 is 1.27 bits per heavy atom. The summed E-state index contributed by atoms with van der Waals surface area (Å²) < 4.78 is 0. The Kier molecular flexibility index (Phi) is 68.1. The zero-order valence-corrected chi connectivity index (χ0v) is 37.9. The molecule has 1 atom stereocenters. The quantitative estimate of drug-likeness (QED) is 0.0334. The molecule has 3 nitrogen and oxygen atoms in total. The fourth-order valence-corrected chi connectivity index (χ4v) is 6.38. The van der Waals surface area contributed by atoms with E-state index in [0.29, 0.717) is 0 Å². The van der Waals surface area contributed by atoms with Gasteiger partial charge in [0.2, 0.25) is 0 Å². The first-order valence-electron chi connectivity index (χ1n) is 22.2. The van der Waals surface area contributed by atoms with Gasteiger partial charge in [-0.25, -0.2) is 0 Å². The van der Waals surface area contributed by atoms with Crippen LogP contribution in [0.1, 0.15) is 228 Å². The Balaban J connectivity index is -0.000000290. The molecule has 0 heterocycles. The Bertz CT molecular complexity index is 625. The van der Waals surface area contributed by atoms with Crippen LogP contribution < -0.4 is 5.32 Å². The molecule has 1 aliphatic carbocycles. The van der Waals surface area contributed by atoms with Gasteiger partial charge in [-0.2, -0.15) is 0 Å². The van der Waals surface area contributed by atoms with Crippen LogP contribution in [0.3, 0.4) is 0 Å². The molecule has 1 rings (SSSR count). The number of thiocarbonyl (C=S) groups is 1. The van der Waals surface area contributed by atoms with Crippen molar-refractivity contribution in [3.63, 3.8) is 0 Å². The second-order valence-corrected chi connectivity index (χ2v) is 14.4. The van der Waals surface area contributed by atoms with Crippen molar-refractivity contribution < 1.29 is 0 Å². The molecule has 4 heteroatoms. The van der Waals surface area contributed by atoms with Gasteiger partial charge in [-0.05, 0) is 111 Å². The number of allylic oxidation sites excluding steroid dienone is 3. The molecule has 0 amide bonds. The van der Waals surface area contributed by atoms with Gasteiger partial charge >= 0.3 is 0 Å². The smallest absolute Gasteiger partial charge is 0.00187 e. The molecule has 0 spiro atoms. The van der Waals surface area contributed by atoms with Gasteiger partial charge in [0.05, 0.1) is 0 Å². The van der Waals surface area contributed by atoms with Crippen LogP contribution in [0.2, 0.25) is 0 Å². The van der Waals surface area contributed by atoms with E-state index < -0.39 is 0 Å². The predicted molar refractivity (Wildman–Crippen MR) is 246 cm³/mol. The van der Waals surface area contributed by atoms with E-state index in [4.69, 9.17) is 5.41 Å². The van der Waals surface area contributed by atoms with Crippen molar-refractivity contribution in [2.24, 2.45) is 5.92 Å². The average Bonchev–Trinajstić information content (AvgIpc) is 3.93. The molecule has 0 bridgehead atoms. The highest BCUT2D eigenvalue weighted by atomic mass is 32.1. The maximum Gasteiger partial charge on any atom is -0.00187 e. The van der Waals surface area contributed by atoms with E-state index in [9.17, 15) is 0 Å². The Labute approximate surface area is 331 Å². The Morgan fingerprint density at radius 2 is 0.902 bits per heavy atom. The number of rotatable bonds is 30. The van der Waals surface area contributed by atoms with Gasteiger partial charge in [-0.3, -0.25) is 0 Å². The summed E-state index contributed by atoms with van der Waals surface area (Å²) in [6, 6.07) is 0. The van der Waals surface area contributed by atoms with E-state index in [2.05, 4.69) is 83.1 Å². The topological polar surface area (TPSA) is 39.1 Å². The van der Waals surface area contributed by atoms with Crippen LogP contribution in [-0.4, -0.2) is 51.2 Å². The van der Waals surface area contributed by atoms with Crippen molar-refractivity contribution in [3.05, 3.63) is 23.8 Å². The Hall–Kier alpha value is -0.840. The molecule has 0 aromatic rings. The zero-order valence-electron chi connectivity index (χ0n) is 37.1. The molecule has 0 saturated heterocycles. The third-order valence-corrected chi connectivity index (χ3v) is 9.28. The fourth-order valence-electron chi connectivity index (χ4n) is 6.38. The highest BCUT2D eigenvalue weighted by Gasteiger charge is 2.31. The van der Waals surface area contributed by atoms with Gasteiger partial charge in [0, 0.05) is 0 Å². The van der Waals surface area contributed by atoms with Gasteiger partial charge in [-0.15, -0.1) is 6.58 Å². The van der Waals surface area contributed by atoms with Crippen molar-refractivity contribution in [2.45, 2.75) is 228 Å².